The van der Waals surface area contributed by atoms with Crippen molar-refractivity contribution < 1.29 is 9.84 Å². The van der Waals surface area contributed by atoms with Crippen molar-refractivity contribution in [2.75, 3.05) is 20.2 Å². The molecular weight excluding hydrogens is 290 g/mol. The van der Waals surface area contributed by atoms with E-state index in [-0.39, 0.29) is 6.10 Å². The Morgan fingerprint density at radius 1 is 1.30 bits per heavy atom. The normalized spacial score (nSPS) is 21.8. The highest BCUT2D eigenvalue weighted by Crippen LogP contribution is 2.18. The fourth-order valence-electron chi connectivity index (χ4n) is 2.86. The number of rotatable bonds is 6. The molecule has 23 heavy (non-hydrogen) atoms. The lowest BCUT2D eigenvalue weighted by Crippen LogP contribution is -2.45. The van der Waals surface area contributed by atoms with E-state index in [1.54, 1.807) is 7.11 Å². The van der Waals surface area contributed by atoms with Gasteiger partial charge in [0.1, 0.15) is 5.75 Å². The van der Waals surface area contributed by atoms with Crippen LogP contribution >= 0.6 is 0 Å². The summed E-state index contributed by atoms with van der Waals surface area (Å²) < 4.78 is 5.25. The van der Waals surface area contributed by atoms with Crippen LogP contribution in [0.4, 0.5) is 0 Å². The van der Waals surface area contributed by atoms with E-state index in [2.05, 4.69) is 34.7 Å². The first-order valence-electron chi connectivity index (χ1n) is 8.57. The molecule has 1 saturated carbocycles. The van der Waals surface area contributed by atoms with Crippen LogP contribution in [0.25, 0.3) is 0 Å². The molecule has 0 spiro atoms. The van der Waals surface area contributed by atoms with Crippen LogP contribution in [0.1, 0.15) is 38.2 Å². The van der Waals surface area contributed by atoms with Crippen molar-refractivity contribution in [3.63, 3.8) is 0 Å². The molecule has 5 heteroatoms. The van der Waals surface area contributed by atoms with E-state index in [1.807, 2.05) is 12.1 Å². The lowest BCUT2D eigenvalue weighted by molar-refractivity contribution is 0.120. The maximum Gasteiger partial charge on any atom is 0.191 e. The fraction of sp³-hybridized carbons (Fsp3) is 0.611. The highest BCUT2D eigenvalue weighted by Gasteiger charge is 2.19. The number of nitrogens with one attached hydrogen (secondary N) is 2. The van der Waals surface area contributed by atoms with Gasteiger partial charge in [0, 0.05) is 19.1 Å². The molecule has 2 rings (SSSR count). The predicted molar refractivity (Wildman–Crippen MR) is 94.1 cm³/mol. The van der Waals surface area contributed by atoms with Crippen LogP contribution < -0.4 is 15.4 Å². The Hall–Kier alpha value is -1.75. The van der Waals surface area contributed by atoms with Gasteiger partial charge >= 0.3 is 0 Å². The zero-order valence-electron chi connectivity index (χ0n) is 14.2. The Balaban J connectivity index is 1.85. The summed E-state index contributed by atoms with van der Waals surface area (Å²) >= 11 is 0. The third-order valence-corrected chi connectivity index (χ3v) is 4.19. The van der Waals surface area contributed by atoms with Crippen LogP contribution in [0, 0.1) is 0 Å². The van der Waals surface area contributed by atoms with Gasteiger partial charge in [0.15, 0.2) is 5.96 Å². The first-order valence-corrected chi connectivity index (χ1v) is 8.57. The van der Waals surface area contributed by atoms with Crippen LogP contribution in [0.2, 0.25) is 0 Å². The zero-order valence-corrected chi connectivity index (χ0v) is 14.2. The Kier molecular flexibility index (Phi) is 7.20. The number of aliphatic imine (C=N–C) groups is 1. The van der Waals surface area contributed by atoms with Gasteiger partial charge in [-0.2, -0.15) is 0 Å². The highest BCUT2D eigenvalue weighted by atomic mass is 16.5. The summed E-state index contributed by atoms with van der Waals surface area (Å²) in [6.07, 6.45) is 4.52. The number of hydrogen-bond acceptors (Lipinski definition) is 3. The molecule has 128 valence electrons. The molecule has 0 aromatic heterocycles. The summed E-state index contributed by atoms with van der Waals surface area (Å²) in [5, 5.41) is 16.4. The number of aliphatic hydroxyl groups excluding tert-OH is 1. The number of guanidine groups is 1. The van der Waals surface area contributed by atoms with Crippen molar-refractivity contribution in [3.05, 3.63) is 29.8 Å². The summed E-state index contributed by atoms with van der Waals surface area (Å²) in [4.78, 5) is 4.67. The Labute approximate surface area is 139 Å². The molecule has 0 saturated heterocycles. The van der Waals surface area contributed by atoms with Gasteiger partial charge in [-0.1, -0.05) is 12.1 Å². The monoisotopic (exact) mass is 319 g/mol. The maximum atomic E-state index is 9.59. The van der Waals surface area contributed by atoms with E-state index in [9.17, 15) is 5.11 Å². The van der Waals surface area contributed by atoms with Crippen molar-refractivity contribution in [1.82, 2.24) is 10.6 Å². The largest absolute Gasteiger partial charge is 0.497 e. The minimum absolute atomic E-state index is 0.124. The molecule has 0 radical (unpaired) electrons. The van der Waals surface area contributed by atoms with Gasteiger partial charge in [-0.05, 0) is 56.7 Å². The molecule has 5 nitrogen and oxygen atoms in total. The van der Waals surface area contributed by atoms with E-state index < -0.39 is 0 Å². The van der Waals surface area contributed by atoms with Gasteiger partial charge in [-0.25, -0.2) is 0 Å². The van der Waals surface area contributed by atoms with Gasteiger partial charge in [-0.3, -0.25) is 4.99 Å². The molecule has 0 bridgehead atoms. The quantitative estimate of drug-likeness (QED) is 0.555. The molecule has 0 amide bonds. The van der Waals surface area contributed by atoms with E-state index in [0.29, 0.717) is 6.04 Å². The standard InChI is InChI=1S/C18H29N3O2/c1-3-19-18(21-15-7-9-16(22)10-8-15)20-12-11-14-5-4-6-17(13-14)23-2/h4-6,13,15-16,22H,3,7-12H2,1-2H3,(H2,19,20,21). The third kappa shape index (κ3) is 6.10. The molecular formula is C18H29N3O2. The molecule has 1 aromatic rings. The summed E-state index contributed by atoms with van der Waals surface area (Å²) in [5.74, 6) is 1.76. The second-order valence-electron chi connectivity index (χ2n) is 6.01. The van der Waals surface area contributed by atoms with E-state index in [4.69, 9.17) is 4.74 Å². The van der Waals surface area contributed by atoms with Gasteiger partial charge in [0.25, 0.3) is 0 Å². The van der Waals surface area contributed by atoms with Gasteiger partial charge < -0.3 is 20.5 Å². The van der Waals surface area contributed by atoms with Gasteiger partial charge in [0.2, 0.25) is 0 Å². The smallest absolute Gasteiger partial charge is 0.191 e. The SMILES string of the molecule is CCNC(=NCCc1cccc(OC)c1)NC1CCC(O)CC1. The van der Waals surface area contributed by atoms with Crippen LogP contribution in [0.5, 0.6) is 5.75 Å². The number of nitrogens with zero attached hydrogens (tertiary/aromatic N) is 1. The molecule has 1 aliphatic carbocycles. The topological polar surface area (TPSA) is 65.9 Å². The molecule has 0 heterocycles. The lowest BCUT2D eigenvalue weighted by Gasteiger charge is -2.27. The van der Waals surface area contributed by atoms with Crippen molar-refractivity contribution in [2.24, 2.45) is 4.99 Å². The second-order valence-corrected chi connectivity index (χ2v) is 6.01. The second kappa shape index (κ2) is 9.40. The molecule has 0 aliphatic heterocycles. The van der Waals surface area contributed by atoms with Gasteiger partial charge in [0.05, 0.1) is 13.2 Å². The predicted octanol–water partition coefficient (Wildman–Crippen LogP) is 2.10. The molecule has 1 fully saturated rings. The first-order chi connectivity index (χ1) is 11.2. The first kappa shape index (κ1) is 17.6. The van der Waals surface area contributed by atoms with Crippen molar-refractivity contribution in [3.8, 4) is 5.75 Å². The van der Waals surface area contributed by atoms with Crippen LogP contribution in [-0.2, 0) is 6.42 Å². The van der Waals surface area contributed by atoms with Crippen LogP contribution in [0.3, 0.4) is 0 Å². The van der Waals surface area contributed by atoms with Crippen molar-refractivity contribution in [2.45, 2.75) is 51.2 Å². The maximum absolute atomic E-state index is 9.59. The lowest BCUT2D eigenvalue weighted by atomic mass is 9.93. The minimum atomic E-state index is -0.124. The van der Waals surface area contributed by atoms with E-state index in [0.717, 1.165) is 56.9 Å². The Morgan fingerprint density at radius 3 is 2.78 bits per heavy atom. The van der Waals surface area contributed by atoms with Crippen molar-refractivity contribution in [1.29, 1.82) is 0 Å². The number of aliphatic hydroxyl groups is 1. The zero-order chi connectivity index (χ0) is 16.5. The van der Waals surface area contributed by atoms with E-state index in [1.165, 1.54) is 5.56 Å². The minimum Gasteiger partial charge on any atom is -0.497 e. The molecule has 3 N–H and O–H groups in total. The molecule has 1 aromatic carbocycles. The fourth-order valence-corrected chi connectivity index (χ4v) is 2.86. The number of methoxy groups -OCH3 is 1. The highest BCUT2D eigenvalue weighted by molar-refractivity contribution is 5.80. The Morgan fingerprint density at radius 2 is 2.09 bits per heavy atom. The molecule has 0 atom stereocenters. The summed E-state index contributed by atoms with van der Waals surface area (Å²) in [7, 11) is 1.69. The summed E-state index contributed by atoms with van der Waals surface area (Å²) in [6, 6.07) is 8.53. The van der Waals surface area contributed by atoms with Crippen molar-refractivity contribution >= 4 is 5.96 Å². The average molecular weight is 319 g/mol. The average Bonchev–Trinajstić information content (AvgIpc) is 2.57. The number of ether oxygens (including phenoxy) is 1. The third-order valence-electron chi connectivity index (χ3n) is 4.19. The van der Waals surface area contributed by atoms with E-state index >= 15 is 0 Å². The van der Waals surface area contributed by atoms with Gasteiger partial charge in [-0.15, -0.1) is 0 Å². The molecule has 0 unspecified atom stereocenters. The number of benzene rings is 1. The van der Waals surface area contributed by atoms with Crippen LogP contribution in [0.15, 0.2) is 29.3 Å². The summed E-state index contributed by atoms with van der Waals surface area (Å²) in [5.41, 5.74) is 1.23. The molecule has 1 aliphatic rings. The Bertz CT molecular complexity index is 497. The number of hydrogen-bond donors (Lipinski definition) is 3. The van der Waals surface area contributed by atoms with Crippen LogP contribution in [-0.4, -0.2) is 43.4 Å². The summed E-state index contributed by atoms with van der Waals surface area (Å²) in [6.45, 7) is 3.65.